The van der Waals surface area contributed by atoms with Gasteiger partial charge in [0.1, 0.15) is 5.82 Å². The van der Waals surface area contributed by atoms with E-state index in [2.05, 4.69) is 16.7 Å². The fourth-order valence-electron chi connectivity index (χ4n) is 4.10. The molecule has 0 aromatic carbocycles. The smallest absolute Gasteiger partial charge is 0.147 e. The van der Waals surface area contributed by atoms with Gasteiger partial charge in [-0.15, -0.1) is 0 Å². The number of hydrogen-bond donors (Lipinski definition) is 1. The van der Waals surface area contributed by atoms with Crippen molar-refractivity contribution in [1.82, 2.24) is 19.8 Å². The van der Waals surface area contributed by atoms with Crippen LogP contribution in [0.25, 0.3) is 0 Å². The van der Waals surface area contributed by atoms with Crippen LogP contribution in [0.4, 0.5) is 0 Å². The van der Waals surface area contributed by atoms with Gasteiger partial charge < -0.3 is 5.73 Å². The standard InChI is InChI=1S/C16H25N5/c1-11-13-8-12(9-17)2-3-14(13)19-16(18-11)15-10-20-4-6-21(15)7-5-20/h12,15H,2-10,17H2,1H3. The van der Waals surface area contributed by atoms with Gasteiger partial charge >= 0.3 is 0 Å². The van der Waals surface area contributed by atoms with Gasteiger partial charge in [-0.05, 0) is 44.2 Å². The van der Waals surface area contributed by atoms with Gasteiger partial charge in [-0.2, -0.15) is 0 Å². The summed E-state index contributed by atoms with van der Waals surface area (Å²) in [6.07, 6.45) is 3.32. The van der Waals surface area contributed by atoms with E-state index in [1.165, 1.54) is 49.6 Å². The molecule has 2 bridgehead atoms. The molecule has 0 spiro atoms. The van der Waals surface area contributed by atoms with E-state index in [0.717, 1.165) is 31.8 Å². The summed E-state index contributed by atoms with van der Waals surface area (Å²) in [7, 11) is 0. The van der Waals surface area contributed by atoms with Crippen LogP contribution in [-0.4, -0.2) is 59.0 Å². The van der Waals surface area contributed by atoms with Crippen molar-refractivity contribution >= 4 is 0 Å². The molecule has 5 rings (SSSR count). The molecular weight excluding hydrogens is 262 g/mol. The molecule has 4 aliphatic rings. The Morgan fingerprint density at radius 1 is 1.19 bits per heavy atom. The maximum absolute atomic E-state index is 5.85. The van der Waals surface area contributed by atoms with Gasteiger partial charge in [0.15, 0.2) is 0 Å². The van der Waals surface area contributed by atoms with Crippen molar-refractivity contribution in [3.05, 3.63) is 22.8 Å². The van der Waals surface area contributed by atoms with E-state index in [9.17, 15) is 0 Å². The molecule has 21 heavy (non-hydrogen) atoms. The molecule has 5 heteroatoms. The van der Waals surface area contributed by atoms with Crippen LogP contribution in [0.5, 0.6) is 0 Å². The molecule has 3 saturated heterocycles. The van der Waals surface area contributed by atoms with Gasteiger partial charge in [0.25, 0.3) is 0 Å². The topological polar surface area (TPSA) is 58.3 Å². The molecule has 4 heterocycles. The van der Waals surface area contributed by atoms with Gasteiger partial charge in [-0.1, -0.05) is 0 Å². The Morgan fingerprint density at radius 3 is 2.67 bits per heavy atom. The Morgan fingerprint density at radius 2 is 2.00 bits per heavy atom. The summed E-state index contributed by atoms with van der Waals surface area (Å²) in [5.41, 5.74) is 9.69. The first-order valence-corrected chi connectivity index (χ1v) is 8.27. The third-order valence-corrected chi connectivity index (χ3v) is 5.51. The van der Waals surface area contributed by atoms with E-state index in [4.69, 9.17) is 15.7 Å². The van der Waals surface area contributed by atoms with Gasteiger partial charge in [0.05, 0.1) is 6.04 Å². The largest absolute Gasteiger partial charge is 0.330 e. The quantitative estimate of drug-likeness (QED) is 0.859. The van der Waals surface area contributed by atoms with Crippen LogP contribution in [0.1, 0.15) is 35.2 Å². The monoisotopic (exact) mass is 287 g/mol. The zero-order chi connectivity index (χ0) is 14.4. The van der Waals surface area contributed by atoms with Crippen LogP contribution in [0, 0.1) is 12.8 Å². The van der Waals surface area contributed by atoms with E-state index in [1.54, 1.807) is 0 Å². The van der Waals surface area contributed by atoms with Gasteiger partial charge in [-0.3, -0.25) is 9.80 Å². The minimum absolute atomic E-state index is 0.406. The van der Waals surface area contributed by atoms with E-state index in [-0.39, 0.29) is 0 Å². The predicted molar refractivity (Wildman–Crippen MR) is 82.1 cm³/mol. The Balaban J connectivity index is 1.64. The molecule has 1 aromatic heterocycles. The van der Waals surface area contributed by atoms with Crippen molar-refractivity contribution in [3.8, 4) is 0 Å². The first kappa shape index (κ1) is 13.6. The number of piperazine rings is 3. The number of nitrogens with two attached hydrogens (primary N) is 1. The predicted octanol–water partition coefficient (Wildman–Crippen LogP) is 0.521. The minimum atomic E-state index is 0.406. The Labute approximate surface area is 126 Å². The third-order valence-electron chi connectivity index (χ3n) is 5.51. The number of aryl methyl sites for hydroxylation is 2. The lowest BCUT2D eigenvalue weighted by molar-refractivity contribution is 0.00844. The Hall–Kier alpha value is -1.04. The van der Waals surface area contributed by atoms with Crippen LogP contribution in [0.2, 0.25) is 0 Å². The molecule has 2 unspecified atom stereocenters. The highest BCUT2D eigenvalue weighted by Crippen LogP contribution is 2.30. The fourth-order valence-corrected chi connectivity index (χ4v) is 4.10. The van der Waals surface area contributed by atoms with E-state index < -0.39 is 0 Å². The Bertz CT molecular complexity index is 536. The summed E-state index contributed by atoms with van der Waals surface area (Å²) in [6.45, 7) is 8.78. The maximum Gasteiger partial charge on any atom is 0.147 e. The third kappa shape index (κ3) is 2.37. The number of aromatic nitrogens is 2. The van der Waals surface area contributed by atoms with E-state index in [0.29, 0.717) is 12.0 Å². The zero-order valence-corrected chi connectivity index (χ0v) is 12.9. The molecule has 0 amide bonds. The van der Waals surface area contributed by atoms with Gasteiger partial charge in [-0.25, -0.2) is 9.97 Å². The van der Waals surface area contributed by atoms with Crippen LogP contribution in [0.15, 0.2) is 0 Å². The summed E-state index contributed by atoms with van der Waals surface area (Å²) >= 11 is 0. The van der Waals surface area contributed by atoms with E-state index >= 15 is 0 Å². The maximum atomic E-state index is 5.85. The molecule has 2 atom stereocenters. The average molecular weight is 287 g/mol. The highest BCUT2D eigenvalue weighted by Gasteiger charge is 2.35. The van der Waals surface area contributed by atoms with Crippen molar-refractivity contribution in [3.63, 3.8) is 0 Å². The number of rotatable bonds is 2. The first-order chi connectivity index (χ1) is 10.2. The lowest BCUT2D eigenvalue weighted by atomic mass is 9.86. The number of nitrogens with zero attached hydrogens (tertiary/aromatic N) is 4. The molecule has 5 nitrogen and oxygen atoms in total. The van der Waals surface area contributed by atoms with Crippen molar-refractivity contribution in [2.45, 2.75) is 32.2 Å². The lowest BCUT2D eigenvalue weighted by Gasteiger charge is -2.46. The second-order valence-corrected chi connectivity index (χ2v) is 6.79. The van der Waals surface area contributed by atoms with Crippen molar-refractivity contribution in [2.75, 3.05) is 39.3 Å². The van der Waals surface area contributed by atoms with Gasteiger partial charge in [0.2, 0.25) is 0 Å². The second-order valence-electron chi connectivity index (χ2n) is 6.79. The molecule has 0 saturated carbocycles. The molecule has 114 valence electrons. The van der Waals surface area contributed by atoms with Crippen molar-refractivity contribution in [2.24, 2.45) is 11.7 Å². The SMILES string of the molecule is Cc1nc(C2CN3CCN2CC3)nc2c1CC(CN)CC2. The second kappa shape index (κ2) is 5.30. The van der Waals surface area contributed by atoms with Crippen LogP contribution in [-0.2, 0) is 12.8 Å². The molecule has 2 N–H and O–H groups in total. The van der Waals surface area contributed by atoms with Crippen LogP contribution in [0.3, 0.4) is 0 Å². The molecule has 1 aromatic rings. The fraction of sp³-hybridized carbons (Fsp3) is 0.750. The molecular formula is C16H25N5. The average Bonchev–Trinajstić information content (AvgIpc) is 2.55. The number of hydrogen-bond acceptors (Lipinski definition) is 5. The summed E-state index contributed by atoms with van der Waals surface area (Å²) in [5, 5.41) is 0. The summed E-state index contributed by atoms with van der Waals surface area (Å²) < 4.78 is 0. The molecule has 3 aliphatic heterocycles. The Kier molecular flexibility index (Phi) is 3.44. The van der Waals surface area contributed by atoms with Gasteiger partial charge in [0, 0.05) is 44.1 Å². The van der Waals surface area contributed by atoms with Crippen LogP contribution >= 0.6 is 0 Å². The zero-order valence-electron chi connectivity index (χ0n) is 12.9. The first-order valence-electron chi connectivity index (χ1n) is 8.27. The lowest BCUT2D eigenvalue weighted by Crippen LogP contribution is -2.57. The molecule has 1 aliphatic carbocycles. The van der Waals surface area contributed by atoms with Crippen molar-refractivity contribution < 1.29 is 0 Å². The highest BCUT2D eigenvalue weighted by molar-refractivity contribution is 5.29. The molecule has 3 fully saturated rings. The van der Waals surface area contributed by atoms with E-state index in [1.807, 2.05) is 0 Å². The van der Waals surface area contributed by atoms with Crippen LogP contribution < -0.4 is 5.73 Å². The summed E-state index contributed by atoms with van der Waals surface area (Å²) in [4.78, 5) is 15.0. The van der Waals surface area contributed by atoms with Crippen molar-refractivity contribution in [1.29, 1.82) is 0 Å². The minimum Gasteiger partial charge on any atom is -0.330 e. The molecule has 0 radical (unpaired) electrons. The normalized spacial score (nSPS) is 34.8. The highest BCUT2D eigenvalue weighted by atomic mass is 15.4. The summed E-state index contributed by atoms with van der Waals surface area (Å²) in [5.74, 6) is 1.67. The summed E-state index contributed by atoms with van der Waals surface area (Å²) in [6, 6.07) is 0.406. The number of fused-ring (bicyclic) bond motifs is 4.